The Labute approximate surface area is 330 Å². The third-order valence-electron chi connectivity index (χ3n) is 10.2. The SMILES string of the molecule is c1ccc(-c2cccc(-c3nc(-c4ccccc4)nc(-c4cccc5sc6c(-c7nc(-c8ccccc8)nc8c7sc7ccccc78)cccc6c45)n3)c2)cc1. The predicted octanol–water partition coefficient (Wildman–Crippen LogP) is 13.4. The molecule has 0 atom stereocenters. The first-order valence-corrected chi connectivity index (χ1v) is 20.1. The monoisotopic (exact) mass is 751 g/mol. The van der Waals surface area contributed by atoms with E-state index in [0.29, 0.717) is 17.5 Å². The Balaban J connectivity index is 1.13. The first-order chi connectivity index (χ1) is 27.7. The van der Waals surface area contributed by atoms with Gasteiger partial charge in [0.1, 0.15) is 0 Å². The first kappa shape index (κ1) is 32.5. The molecule has 0 saturated heterocycles. The molecule has 5 nitrogen and oxygen atoms in total. The Morgan fingerprint density at radius 3 is 1.61 bits per heavy atom. The number of nitrogens with zero attached hydrogens (tertiary/aromatic N) is 5. The molecule has 7 aromatic carbocycles. The van der Waals surface area contributed by atoms with Gasteiger partial charge in [-0.25, -0.2) is 24.9 Å². The lowest BCUT2D eigenvalue weighted by Crippen LogP contribution is -2.00. The molecule has 0 bridgehead atoms. The maximum absolute atomic E-state index is 5.33. The van der Waals surface area contributed by atoms with Crippen LogP contribution in [0.25, 0.3) is 108 Å². The molecule has 0 aliphatic carbocycles. The van der Waals surface area contributed by atoms with Gasteiger partial charge in [0.2, 0.25) is 0 Å². The van der Waals surface area contributed by atoms with Crippen molar-refractivity contribution < 1.29 is 0 Å². The average molecular weight is 752 g/mol. The highest BCUT2D eigenvalue weighted by Crippen LogP contribution is 2.46. The smallest absolute Gasteiger partial charge is 0.164 e. The van der Waals surface area contributed by atoms with E-state index in [4.69, 9.17) is 24.9 Å². The number of benzene rings is 7. The van der Waals surface area contributed by atoms with Crippen molar-refractivity contribution in [2.45, 2.75) is 0 Å². The molecule has 0 aliphatic rings. The molecule has 262 valence electrons. The van der Waals surface area contributed by atoms with E-state index in [1.165, 1.54) is 9.40 Å². The summed E-state index contributed by atoms with van der Waals surface area (Å²) in [6.45, 7) is 0. The number of aromatic nitrogens is 5. The Hall–Kier alpha value is -6.93. The summed E-state index contributed by atoms with van der Waals surface area (Å²) < 4.78 is 4.61. The van der Waals surface area contributed by atoms with Gasteiger partial charge < -0.3 is 0 Å². The first-order valence-electron chi connectivity index (χ1n) is 18.4. The molecule has 11 rings (SSSR count). The summed E-state index contributed by atoms with van der Waals surface area (Å²) in [6.07, 6.45) is 0. The van der Waals surface area contributed by atoms with E-state index in [1.807, 2.05) is 42.5 Å². The third kappa shape index (κ3) is 5.56. The van der Waals surface area contributed by atoms with Gasteiger partial charge in [0.25, 0.3) is 0 Å². The standard InChI is InChI=1S/C49H29N5S2/c1-4-15-30(16-5-1)33-21-12-22-34(29-33)48-52-47(32-19-8-3-9-20-32)53-49(54-48)37-25-14-28-40-41(37)36-24-13-26-38(44(36)56-40)43-45-42(35-23-10-11-27-39(35)55-45)50-46(51-43)31-17-6-2-7-18-31/h1-29H. The second-order valence-corrected chi connectivity index (χ2v) is 15.7. The molecule has 0 saturated carbocycles. The van der Waals surface area contributed by atoms with Crippen LogP contribution < -0.4 is 0 Å². The highest BCUT2D eigenvalue weighted by Gasteiger charge is 2.22. The maximum atomic E-state index is 5.33. The molecule has 0 radical (unpaired) electrons. The number of thiophene rings is 2. The van der Waals surface area contributed by atoms with E-state index >= 15 is 0 Å². The van der Waals surface area contributed by atoms with Crippen molar-refractivity contribution in [1.29, 1.82) is 0 Å². The number of fused-ring (bicyclic) bond motifs is 6. The van der Waals surface area contributed by atoms with Crippen LogP contribution in [-0.4, -0.2) is 24.9 Å². The minimum atomic E-state index is 0.630. The fraction of sp³-hybridized carbons (Fsp3) is 0. The van der Waals surface area contributed by atoms with E-state index in [-0.39, 0.29) is 0 Å². The van der Waals surface area contributed by atoms with Crippen LogP contribution in [0, 0.1) is 0 Å². The van der Waals surface area contributed by atoms with E-state index in [1.54, 1.807) is 22.7 Å². The topological polar surface area (TPSA) is 64.5 Å². The molecule has 0 unspecified atom stereocenters. The average Bonchev–Trinajstić information content (AvgIpc) is 3.86. The summed E-state index contributed by atoms with van der Waals surface area (Å²) in [5.41, 5.74) is 9.09. The quantitative estimate of drug-likeness (QED) is 0.169. The van der Waals surface area contributed by atoms with E-state index < -0.39 is 0 Å². The van der Waals surface area contributed by atoms with Crippen molar-refractivity contribution in [3.8, 4) is 67.9 Å². The van der Waals surface area contributed by atoms with Gasteiger partial charge in [0.05, 0.1) is 15.9 Å². The van der Waals surface area contributed by atoms with Crippen LogP contribution in [0.1, 0.15) is 0 Å². The van der Waals surface area contributed by atoms with Crippen LogP contribution in [0.15, 0.2) is 176 Å². The van der Waals surface area contributed by atoms with Crippen LogP contribution in [-0.2, 0) is 0 Å². The van der Waals surface area contributed by atoms with E-state index in [0.717, 1.165) is 81.5 Å². The molecule has 4 aromatic heterocycles. The number of rotatable bonds is 6. The van der Waals surface area contributed by atoms with Crippen molar-refractivity contribution in [2.75, 3.05) is 0 Å². The zero-order valence-electron chi connectivity index (χ0n) is 29.8. The summed E-state index contributed by atoms with van der Waals surface area (Å²) >= 11 is 3.54. The van der Waals surface area contributed by atoms with Gasteiger partial charge in [-0.05, 0) is 29.3 Å². The van der Waals surface area contributed by atoms with Gasteiger partial charge in [-0.3, -0.25) is 0 Å². The molecule has 4 heterocycles. The van der Waals surface area contributed by atoms with Crippen LogP contribution in [0.5, 0.6) is 0 Å². The minimum absolute atomic E-state index is 0.630. The summed E-state index contributed by atoms with van der Waals surface area (Å²) in [5.74, 6) is 2.62. The van der Waals surface area contributed by atoms with E-state index in [9.17, 15) is 0 Å². The third-order valence-corrected chi connectivity index (χ3v) is 12.5. The van der Waals surface area contributed by atoms with Crippen LogP contribution in [0.3, 0.4) is 0 Å². The van der Waals surface area contributed by atoms with Crippen LogP contribution >= 0.6 is 22.7 Å². The summed E-state index contributed by atoms with van der Waals surface area (Å²) in [4.78, 5) is 26.0. The lowest BCUT2D eigenvalue weighted by Gasteiger charge is -2.11. The Morgan fingerprint density at radius 1 is 0.321 bits per heavy atom. The Morgan fingerprint density at radius 2 is 0.839 bits per heavy atom. The van der Waals surface area contributed by atoms with Crippen LogP contribution in [0.4, 0.5) is 0 Å². The van der Waals surface area contributed by atoms with Crippen LogP contribution in [0.2, 0.25) is 0 Å². The van der Waals surface area contributed by atoms with Crippen molar-refractivity contribution in [3.63, 3.8) is 0 Å². The fourth-order valence-electron chi connectivity index (χ4n) is 7.52. The van der Waals surface area contributed by atoms with Gasteiger partial charge >= 0.3 is 0 Å². The molecule has 56 heavy (non-hydrogen) atoms. The molecule has 7 heteroatoms. The fourth-order valence-corrected chi connectivity index (χ4v) is 9.91. The maximum Gasteiger partial charge on any atom is 0.164 e. The zero-order valence-corrected chi connectivity index (χ0v) is 31.4. The molecule has 0 spiro atoms. The number of hydrogen-bond donors (Lipinski definition) is 0. The number of hydrogen-bond acceptors (Lipinski definition) is 7. The molecule has 0 amide bonds. The van der Waals surface area contributed by atoms with Gasteiger partial charge in [0, 0.05) is 58.1 Å². The van der Waals surface area contributed by atoms with Gasteiger partial charge in [-0.2, -0.15) is 0 Å². The molecule has 0 N–H and O–H groups in total. The summed E-state index contributed by atoms with van der Waals surface area (Å²) in [6, 6.07) is 60.8. The highest BCUT2D eigenvalue weighted by molar-refractivity contribution is 7.27. The Kier molecular flexibility index (Phi) is 7.79. The second kappa shape index (κ2) is 13.4. The van der Waals surface area contributed by atoms with Crippen molar-refractivity contribution in [2.24, 2.45) is 0 Å². The van der Waals surface area contributed by atoms with Crippen molar-refractivity contribution in [1.82, 2.24) is 24.9 Å². The minimum Gasteiger partial charge on any atom is -0.226 e. The van der Waals surface area contributed by atoms with Gasteiger partial charge in [-0.15, -0.1) is 22.7 Å². The normalized spacial score (nSPS) is 11.6. The largest absolute Gasteiger partial charge is 0.226 e. The molecule has 11 aromatic rings. The molecule has 0 aliphatic heterocycles. The highest BCUT2D eigenvalue weighted by atomic mass is 32.1. The second-order valence-electron chi connectivity index (χ2n) is 13.6. The summed E-state index contributed by atoms with van der Waals surface area (Å²) in [7, 11) is 0. The lowest BCUT2D eigenvalue weighted by atomic mass is 10.0. The van der Waals surface area contributed by atoms with Gasteiger partial charge in [-0.1, -0.05) is 158 Å². The van der Waals surface area contributed by atoms with Crippen molar-refractivity contribution in [3.05, 3.63) is 176 Å². The van der Waals surface area contributed by atoms with Gasteiger partial charge in [0.15, 0.2) is 23.3 Å². The summed E-state index contributed by atoms with van der Waals surface area (Å²) in [5, 5.41) is 3.41. The Bertz CT molecular complexity index is 3250. The zero-order chi connectivity index (χ0) is 37.0. The molecular weight excluding hydrogens is 723 g/mol. The lowest BCUT2D eigenvalue weighted by molar-refractivity contribution is 1.08. The predicted molar refractivity (Wildman–Crippen MR) is 234 cm³/mol. The van der Waals surface area contributed by atoms with Crippen molar-refractivity contribution >= 4 is 63.1 Å². The van der Waals surface area contributed by atoms with E-state index in [2.05, 4.69) is 133 Å². The molecular formula is C49H29N5S2. The molecule has 0 fully saturated rings.